The zero-order valence-corrected chi connectivity index (χ0v) is 14.3. The van der Waals surface area contributed by atoms with Gasteiger partial charge in [0.2, 0.25) is 5.91 Å². The molecule has 2 fully saturated rings. The first-order valence-corrected chi connectivity index (χ1v) is 8.71. The molecule has 2 unspecified atom stereocenters. The second-order valence-electron chi connectivity index (χ2n) is 7.10. The highest BCUT2D eigenvalue weighted by Gasteiger charge is 2.32. The Bertz CT molecular complexity index is 559. The van der Waals surface area contributed by atoms with Crippen LogP contribution in [0.2, 0.25) is 0 Å². The summed E-state index contributed by atoms with van der Waals surface area (Å²) < 4.78 is 0. The Hall–Kier alpha value is -1.78. The molecule has 0 radical (unpaired) electrons. The second-order valence-corrected chi connectivity index (χ2v) is 7.10. The van der Waals surface area contributed by atoms with Gasteiger partial charge in [-0.3, -0.25) is 4.79 Å². The minimum absolute atomic E-state index is 0.0164. The van der Waals surface area contributed by atoms with Crippen LogP contribution in [0.15, 0.2) is 23.4 Å². The number of allylic oxidation sites excluding steroid dienone is 3. The summed E-state index contributed by atoms with van der Waals surface area (Å²) >= 11 is 0. The topological polar surface area (TPSA) is 52.7 Å². The molecule has 0 aromatic carbocycles. The van der Waals surface area contributed by atoms with E-state index in [0.717, 1.165) is 44.6 Å². The van der Waals surface area contributed by atoms with Gasteiger partial charge in [0, 0.05) is 38.3 Å². The van der Waals surface area contributed by atoms with E-state index in [2.05, 4.69) is 31.3 Å². The van der Waals surface area contributed by atoms with Crippen LogP contribution in [0.25, 0.3) is 0 Å². The quantitative estimate of drug-likeness (QED) is 0.808. The van der Waals surface area contributed by atoms with Crippen LogP contribution in [0, 0.1) is 11.8 Å². The molecule has 126 valence electrons. The summed E-state index contributed by atoms with van der Waals surface area (Å²) in [7, 11) is 0. The van der Waals surface area contributed by atoms with Crippen molar-refractivity contribution in [3.63, 3.8) is 0 Å². The largest absolute Gasteiger partial charge is 0.343 e. The van der Waals surface area contributed by atoms with E-state index in [1.54, 1.807) is 6.92 Å². The molecule has 0 aromatic heterocycles. The Kier molecular flexibility index (Phi) is 4.46. The van der Waals surface area contributed by atoms with E-state index >= 15 is 0 Å². The van der Waals surface area contributed by atoms with E-state index in [0.29, 0.717) is 11.8 Å². The fourth-order valence-corrected chi connectivity index (χ4v) is 3.79. The average Bonchev–Trinajstić information content (AvgIpc) is 2.67. The third kappa shape index (κ3) is 3.28. The normalized spacial score (nSPS) is 29.3. The molecule has 5 nitrogen and oxygen atoms in total. The van der Waals surface area contributed by atoms with E-state index in [4.69, 9.17) is 0 Å². The number of amides is 3. The molecule has 2 saturated heterocycles. The van der Waals surface area contributed by atoms with Crippen LogP contribution in [0.4, 0.5) is 4.79 Å². The predicted octanol–water partition coefficient (Wildman–Crippen LogP) is 2.51. The monoisotopic (exact) mass is 317 g/mol. The Morgan fingerprint density at radius 1 is 1.13 bits per heavy atom. The van der Waals surface area contributed by atoms with Crippen molar-refractivity contribution < 1.29 is 9.59 Å². The zero-order chi connectivity index (χ0) is 16.6. The molecular weight excluding hydrogens is 290 g/mol. The number of urea groups is 1. The number of rotatable bonds is 1. The summed E-state index contributed by atoms with van der Waals surface area (Å²) in [5.41, 5.74) is 2.27. The SMILES string of the molecule is CC(=O)N1CCC(N2CCC3=CC(C)C(C)C=C3NC2=O)CC1. The van der Waals surface area contributed by atoms with Crippen molar-refractivity contribution >= 4 is 11.9 Å². The predicted molar refractivity (Wildman–Crippen MR) is 89.6 cm³/mol. The number of piperidine rings is 1. The van der Waals surface area contributed by atoms with Crippen LogP contribution in [-0.4, -0.2) is 47.4 Å². The van der Waals surface area contributed by atoms with Crippen LogP contribution in [0.1, 0.15) is 40.0 Å². The van der Waals surface area contributed by atoms with Gasteiger partial charge in [-0.2, -0.15) is 0 Å². The third-order valence-electron chi connectivity index (χ3n) is 5.54. The van der Waals surface area contributed by atoms with Crippen LogP contribution < -0.4 is 5.32 Å². The first-order valence-electron chi connectivity index (χ1n) is 8.71. The molecule has 23 heavy (non-hydrogen) atoms. The maximum atomic E-state index is 12.6. The van der Waals surface area contributed by atoms with Gasteiger partial charge in [-0.1, -0.05) is 26.0 Å². The summed E-state index contributed by atoms with van der Waals surface area (Å²) in [5.74, 6) is 1.11. The van der Waals surface area contributed by atoms with Crippen molar-refractivity contribution in [3.05, 3.63) is 23.4 Å². The molecule has 0 aromatic rings. The van der Waals surface area contributed by atoms with Crippen LogP contribution >= 0.6 is 0 Å². The van der Waals surface area contributed by atoms with E-state index in [1.165, 1.54) is 5.57 Å². The van der Waals surface area contributed by atoms with Crippen molar-refractivity contribution in [3.8, 4) is 0 Å². The van der Waals surface area contributed by atoms with Crippen molar-refractivity contribution in [2.45, 2.75) is 46.1 Å². The Morgan fingerprint density at radius 2 is 1.78 bits per heavy atom. The molecule has 0 spiro atoms. The Labute approximate surface area is 138 Å². The van der Waals surface area contributed by atoms with Crippen LogP contribution in [0.5, 0.6) is 0 Å². The minimum atomic E-state index is 0.0164. The molecule has 1 aliphatic carbocycles. The summed E-state index contributed by atoms with van der Waals surface area (Å²) in [6.45, 7) is 8.31. The molecule has 3 aliphatic rings. The molecule has 3 rings (SSSR count). The molecule has 3 amide bonds. The van der Waals surface area contributed by atoms with Gasteiger partial charge in [0.1, 0.15) is 0 Å². The van der Waals surface area contributed by atoms with Crippen LogP contribution in [-0.2, 0) is 4.79 Å². The first-order chi connectivity index (χ1) is 11.0. The van der Waals surface area contributed by atoms with Gasteiger partial charge in [0.05, 0.1) is 0 Å². The maximum Gasteiger partial charge on any atom is 0.322 e. The molecule has 1 N–H and O–H groups in total. The lowest BCUT2D eigenvalue weighted by atomic mass is 9.86. The van der Waals surface area contributed by atoms with Gasteiger partial charge in [0.25, 0.3) is 0 Å². The second kappa shape index (κ2) is 6.38. The van der Waals surface area contributed by atoms with Crippen molar-refractivity contribution in [2.75, 3.05) is 19.6 Å². The van der Waals surface area contributed by atoms with Crippen molar-refractivity contribution in [1.29, 1.82) is 0 Å². The van der Waals surface area contributed by atoms with Gasteiger partial charge < -0.3 is 15.1 Å². The number of fused-ring (bicyclic) bond motifs is 1. The highest BCUT2D eigenvalue weighted by atomic mass is 16.2. The number of hydrogen-bond donors (Lipinski definition) is 1. The number of carbonyl (C=O) groups excluding carboxylic acids is 2. The number of hydrogen-bond acceptors (Lipinski definition) is 2. The lowest BCUT2D eigenvalue weighted by Gasteiger charge is -2.37. The molecule has 0 bridgehead atoms. The van der Waals surface area contributed by atoms with E-state index < -0.39 is 0 Å². The Morgan fingerprint density at radius 3 is 2.43 bits per heavy atom. The minimum Gasteiger partial charge on any atom is -0.343 e. The molecule has 0 saturated carbocycles. The van der Waals surface area contributed by atoms with E-state index in [9.17, 15) is 9.59 Å². The highest BCUT2D eigenvalue weighted by molar-refractivity contribution is 5.78. The van der Waals surface area contributed by atoms with Crippen molar-refractivity contribution in [1.82, 2.24) is 15.1 Å². The molecule has 2 aliphatic heterocycles. The highest BCUT2D eigenvalue weighted by Crippen LogP contribution is 2.30. The van der Waals surface area contributed by atoms with E-state index in [-0.39, 0.29) is 18.0 Å². The zero-order valence-electron chi connectivity index (χ0n) is 14.3. The van der Waals surface area contributed by atoms with E-state index in [1.807, 2.05) is 9.80 Å². The lowest BCUT2D eigenvalue weighted by molar-refractivity contribution is -0.130. The van der Waals surface area contributed by atoms with Gasteiger partial charge in [0.15, 0.2) is 0 Å². The number of nitrogens with one attached hydrogen (secondary N) is 1. The smallest absolute Gasteiger partial charge is 0.322 e. The molecule has 2 heterocycles. The maximum absolute atomic E-state index is 12.6. The standard InChI is InChI=1S/C18H27N3O2/c1-12-10-15-4-9-21(18(23)19-17(15)11-13(12)2)16-5-7-20(8-6-16)14(3)22/h10-13,16H,4-9H2,1-3H3,(H,19,23). The summed E-state index contributed by atoms with van der Waals surface area (Å²) in [5, 5.41) is 3.11. The van der Waals surface area contributed by atoms with Gasteiger partial charge in [-0.05, 0) is 36.7 Å². The molecule has 5 heteroatoms. The third-order valence-corrected chi connectivity index (χ3v) is 5.54. The average molecular weight is 317 g/mol. The van der Waals surface area contributed by atoms with Gasteiger partial charge >= 0.3 is 6.03 Å². The number of likely N-dealkylation sites (tertiary alicyclic amines) is 1. The number of carbonyl (C=O) groups is 2. The Balaban J connectivity index is 1.69. The molecular formula is C18H27N3O2. The number of nitrogens with zero attached hydrogens (tertiary/aromatic N) is 2. The van der Waals surface area contributed by atoms with Crippen LogP contribution in [0.3, 0.4) is 0 Å². The fraction of sp³-hybridized carbons (Fsp3) is 0.667. The molecule has 2 atom stereocenters. The first kappa shape index (κ1) is 16.1. The fourth-order valence-electron chi connectivity index (χ4n) is 3.79. The summed E-state index contributed by atoms with van der Waals surface area (Å²) in [6, 6.07) is 0.254. The van der Waals surface area contributed by atoms with Crippen molar-refractivity contribution in [2.24, 2.45) is 11.8 Å². The summed E-state index contributed by atoms with van der Waals surface area (Å²) in [6.07, 6.45) is 7.16. The summed E-state index contributed by atoms with van der Waals surface area (Å²) in [4.78, 5) is 27.9. The van der Waals surface area contributed by atoms with Gasteiger partial charge in [-0.25, -0.2) is 4.79 Å². The van der Waals surface area contributed by atoms with Gasteiger partial charge in [-0.15, -0.1) is 0 Å². The lowest BCUT2D eigenvalue weighted by Crippen LogP contribution is -2.50.